The third-order valence-electron chi connectivity index (χ3n) is 2.29. The first kappa shape index (κ1) is 11.8. The minimum Gasteiger partial charge on any atom is -0.320 e. The van der Waals surface area contributed by atoms with Crippen LogP contribution in [0.1, 0.15) is 27.2 Å². The fourth-order valence-electron chi connectivity index (χ4n) is 0.872. The highest BCUT2D eigenvalue weighted by molar-refractivity contribution is 4.95. The summed E-state index contributed by atoms with van der Waals surface area (Å²) in [6, 6.07) is 0. The Labute approximate surface area is 80.4 Å². The molecule has 0 aromatic heterocycles. The highest BCUT2D eigenvalue weighted by atomic mass is 19.3. The molecule has 1 atom stereocenters. The molecule has 0 amide bonds. The van der Waals surface area contributed by atoms with E-state index in [1.165, 1.54) is 20.8 Å². The number of alkyl halides is 4. The molecule has 0 N–H and O–H groups in total. The molecule has 1 nitrogen and oxygen atoms in total. The lowest BCUT2D eigenvalue weighted by molar-refractivity contribution is -0.297. The maximum atomic E-state index is 13.1. The Morgan fingerprint density at radius 3 is 2.00 bits per heavy atom. The van der Waals surface area contributed by atoms with Crippen LogP contribution in [0.3, 0.4) is 0 Å². The summed E-state index contributed by atoms with van der Waals surface area (Å²) in [7, 11) is 0. The lowest BCUT2D eigenvalue weighted by Crippen LogP contribution is -2.37. The predicted molar refractivity (Wildman–Crippen MR) is 43.4 cm³/mol. The van der Waals surface area contributed by atoms with Crippen molar-refractivity contribution in [2.24, 2.45) is 11.3 Å². The van der Waals surface area contributed by atoms with Crippen molar-refractivity contribution >= 4 is 0 Å². The normalized spacial score (nSPS) is 26.4. The Balaban J connectivity index is 2.38. The SMILES string of the molecule is CC(C)(C)C(F)(F)OCC1CC1(F)F. The van der Waals surface area contributed by atoms with E-state index in [4.69, 9.17) is 0 Å². The summed E-state index contributed by atoms with van der Waals surface area (Å²) in [5.74, 6) is -3.83. The second kappa shape index (κ2) is 3.08. The van der Waals surface area contributed by atoms with Crippen LogP contribution in [-0.4, -0.2) is 18.6 Å². The molecule has 0 bridgehead atoms. The highest BCUT2D eigenvalue weighted by Crippen LogP contribution is 2.50. The van der Waals surface area contributed by atoms with E-state index in [9.17, 15) is 17.6 Å². The van der Waals surface area contributed by atoms with Crippen molar-refractivity contribution in [3.8, 4) is 0 Å². The molecule has 0 aliphatic heterocycles. The van der Waals surface area contributed by atoms with Gasteiger partial charge in [-0.2, -0.15) is 8.78 Å². The van der Waals surface area contributed by atoms with Gasteiger partial charge < -0.3 is 4.74 Å². The van der Waals surface area contributed by atoms with Gasteiger partial charge >= 0.3 is 6.11 Å². The van der Waals surface area contributed by atoms with Gasteiger partial charge in [-0.15, -0.1) is 0 Å². The summed E-state index contributed by atoms with van der Waals surface area (Å²) < 4.78 is 55.1. The molecule has 0 aromatic rings. The van der Waals surface area contributed by atoms with E-state index >= 15 is 0 Å². The Bertz CT molecular complexity index is 219. The van der Waals surface area contributed by atoms with Crippen LogP contribution in [0.5, 0.6) is 0 Å². The molecule has 14 heavy (non-hydrogen) atoms. The van der Waals surface area contributed by atoms with Crippen LogP contribution in [-0.2, 0) is 4.74 Å². The van der Waals surface area contributed by atoms with Crippen LogP contribution in [0.15, 0.2) is 0 Å². The van der Waals surface area contributed by atoms with Crippen LogP contribution >= 0.6 is 0 Å². The molecular weight excluding hydrogens is 200 g/mol. The van der Waals surface area contributed by atoms with E-state index in [1.807, 2.05) is 0 Å². The van der Waals surface area contributed by atoms with Gasteiger partial charge in [-0.1, -0.05) is 20.8 Å². The van der Waals surface area contributed by atoms with Gasteiger partial charge in [0.15, 0.2) is 0 Å². The van der Waals surface area contributed by atoms with Crippen molar-refractivity contribution < 1.29 is 22.3 Å². The molecule has 0 radical (unpaired) electrons. The standard InChI is InChI=1S/C9H14F4O/c1-7(2,3)9(12,13)14-5-6-4-8(6,10)11/h6H,4-5H2,1-3H3. The van der Waals surface area contributed by atoms with Crippen molar-refractivity contribution in [3.63, 3.8) is 0 Å². The van der Waals surface area contributed by atoms with Gasteiger partial charge in [0.25, 0.3) is 5.92 Å². The van der Waals surface area contributed by atoms with Gasteiger partial charge in [0.05, 0.1) is 17.9 Å². The number of hydrogen-bond acceptors (Lipinski definition) is 1. The van der Waals surface area contributed by atoms with E-state index in [1.54, 1.807) is 0 Å². The molecule has 1 aliphatic carbocycles. The second-order valence-corrected chi connectivity index (χ2v) is 4.74. The van der Waals surface area contributed by atoms with E-state index in [0.717, 1.165) is 0 Å². The maximum Gasteiger partial charge on any atom is 0.360 e. The Hall–Kier alpha value is -0.320. The molecular formula is C9H14F4O. The molecule has 1 saturated carbocycles. The van der Waals surface area contributed by atoms with Crippen molar-refractivity contribution in [2.45, 2.75) is 39.2 Å². The average molecular weight is 214 g/mol. The van der Waals surface area contributed by atoms with Gasteiger partial charge in [-0.25, -0.2) is 8.78 Å². The molecule has 0 saturated heterocycles. The van der Waals surface area contributed by atoms with Crippen LogP contribution in [0.2, 0.25) is 0 Å². The molecule has 1 aliphatic rings. The first-order chi connectivity index (χ1) is 6.06. The zero-order valence-electron chi connectivity index (χ0n) is 8.41. The van der Waals surface area contributed by atoms with E-state index in [2.05, 4.69) is 4.74 Å². The van der Waals surface area contributed by atoms with Crippen molar-refractivity contribution in [3.05, 3.63) is 0 Å². The fourth-order valence-corrected chi connectivity index (χ4v) is 0.872. The van der Waals surface area contributed by atoms with E-state index in [-0.39, 0.29) is 6.42 Å². The van der Waals surface area contributed by atoms with Crippen LogP contribution in [0, 0.1) is 11.3 Å². The molecule has 5 heteroatoms. The third-order valence-corrected chi connectivity index (χ3v) is 2.29. The third kappa shape index (κ3) is 2.38. The quantitative estimate of drug-likeness (QED) is 0.655. The first-order valence-corrected chi connectivity index (χ1v) is 4.46. The fraction of sp³-hybridized carbons (Fsp3) is 1.00. The van der Waals surface area contributed by atoms with Crippen molar-refractivity contribution in [2.75, 3.05) is 6.61 Å². The van der Waals surface area contributed by atoms with E-state index < -0.39 is 30.0 Å². The molecule has 1 rings (SSSR count). The lowest BCUT2D eigenvalue weighted by atomic mass is 9.95. The number of halogens is 4. The number of ether oxygens (including phenoxy) is 1. The highest BCUT2D eigenvalue weighted by Gasteiger charge is 2.58. The molecule has 0 heterocycles. The Morgan fingerprint density at radius 1 is 1.29 bits per heavy atom. The minimum absolute atomic E-state index is 0.340. The van der Waals surface area contributed by atoms with Gasteiger partial charge in [0.2, 0.25) is 0 Å². The summed E-state index contributed by atoms with van der Waals surface area (Å²) >= 11 is 0. The molecule has 1 fully saturated rings. The summed E-state index contributed by atoms with van der Waals surface area (Å²) in [6.45, 7) is 3.34. The predicted octanol–water partition coefficient (Wildman–Crippen LogP) is 3.30. The van der Waals surface area contributed by atoms with Crippen LogP contribution < -0.4 is 0 Å². The monoisotopic (exact) mass is 214 g/mol. The molecule has 1 unspecified atom stereocenters. The smallest absolute Gasteiger partial charge is 0.320 e. The minimum atomic E-state index is -3.36. The van der Waals surface area contributed by atoms with Crippen molar-refractivity contribution in [1.82, 2.24) is 0 Å². The van der Waals surface area contributed by atoms with Gasteiger partial charge in [-0.05, 0) is 0 Å². The van der Waals surface area contributed by atoms with Crippen LogP contribution in [0.4, 0.5) is 17.6 Å². The van der Waals surface area contributed by atoms with Crippen LogP contribution in [0.25, 0.3) is 0 Å². The first-order valence-electron chi connectivity index (χ1n) is 4.46. The Kier molecular flexibility index (Phi) is 2.59. The zero-order valence-corrected chi connectivity index (χ0v) is 8.41. The summed E-state index contributed by atoms with van der Waals surface area (Å²) in [5, 5.41) is 0. The summed E-state index contributed by atoms with van der Waals surface area (Å²) in [4.78, 5) is 0. The number of hydrogen-bond donors (Lipinski definition) is 0. The Morgan fingerprint density at radius 2 is 1.71 bits per heavy atom. The molecule has 84 valence electrons. The van der Waals surface area contributed by atoms with Gasteiger partial charge in [0.1, 0.15) is 0 Å². The summed E-state index contributed by atoms with van der Waals surface area (Å²) in [5.41, 5.74) is -1.36. The summed E-state index contributed by atoms with van der Waals surface area (Å²) in [6.07, 6.45) is -3.70. The number of rotatable bonds is 3. The van der Waals surface area contributed by atoms with Crippen molar-refractivity contribution in [1.29, 1.82) is 0 Å². The maximum absolute atomic E-state index is 13.1. The topological polar surface area (TPSA) is 9.23 Å². The molecule has 0 aromatic carbocycles. The second-order valence-electron chi connectivity index (χ2n) is 4.74. The molecule has 0 spiro atoms. The van der Waals surface area contributed by atoms with Gasteiger partial charge in [0, 0.05) is 6.42 Å². The van der Waals surface area contributed by atoms with E-state index in [0.29, 0.717) is 0 Å². The zero-order chi connectivity index (χ0) is 11.2. The largest absolute Gasteiger partial charge is 0.360 e. The average Bonchev–Trinajstić information content (AvgIpc) is 2.53. The lowest BCUT2D eigenvalue weighted by Gasteiger charge is -2.29. The van der Waals surface area contributed by atoms with Gasteiger partial charge in [-0.3, -0.25) is 0 Å².